The first kappa shape index (κ1) is 14.6. The molecular formula is C16H22ClN3O. The van der Waals surface area contributed by atoms with Gasteiger partial charge < -0.3 is 9.30 Å². The van der Waals surface area contributed by atoms with Crippen molar-refractivity contribution in [1.82, 2.24) is 14.5 Å². The van der Waals surface area contributed by atoms with Crippen LogP contribution >= 0.6 is 11.6 Å². The first-order chi connectivity index (χ1) is 10.1. The zero-order valence-electron chi connectivity index (χ0n) is 12.8. The van der Waals surface area contributed by atoms with Crippen LogP contribution in [0.4, 0.5) is 0 Å². The summed E-state index contributed by atoms with van der Waals surface area (Å²) >= 11 is 6.13. The lowest BCUT2D eigenvalue weighted by Gasteiger charge is -2.34. The molecule has 3 atom stereocenters. The molecule has 0 N–H and O–H groups in total. The molecule has 3 unspecified atom stereocenters. The number of nitrogens with zero attached hydrogens (tertiary/aromatic N) is 3. The maximum atomic E-state index is 6.13. The van der Waals surface area contributed by atoms with Crippen LogP contribution in [0.25, 0.3) is 11.2 Å². The SMILES string of the molecule is COc1ccc2nc(CCl)n(C3CCC(C)CC3C)c2n1. The number of methoxy groups -OCH3 is 1. The van der Waals surface area contributed by atoms with Crippen molar-refractivity contribution >= 4 is 22.8 Å². The Kier molecular flexibility index (Phi) is 4.07. The van der Waals surface area contributed by atoms with Crippen molar-refractivity contribution < 1.29 is 4.74 Å². The van der Waals surface area contributed by atoms with Crippen molar-refractivity contribution in [3.8, 4) is 5.88 Å². The Morgan fingerprint density at radius 2 is 2.10 bits per heavy atom. The van der Waals surface area contributed by atoms with Gasteiger partial charge in [0.25, 0.3) is 0 Å². The third-order valence-corrected chi connectivity index (χ3v) is 4.87. The molecule has 0 radical (unpaired) electrons. The van der Waals surface area contributed by atoms with Gasteiger partial charge in [-0.15, -0.1) is 11.6 Å². The lowest BCUT2D eigenvalue weighted by atomic mass is 9.79. The van der Waals surface area contributed by atoms with Crippen LogP contribution in [-0.2, 0) is 5.88 Å². The molecule has 0 bridgehead atoms. The number of alkyl halides is 1. The Balaban J connectivity index is 2.10. The fourth-order valence-electron chi connectivity index (χ4n) is 3.59. The van der Waals surface area contributed by atoms with Crippen LogP contribution in [0.3, 0.4) is 0 Å². The fraction of sp³-hybridized carbons (Fsp3) is 0.625. The molecule has 1 fully saturated rings. The first-order valence-corrected chi connectivity index (χ1v) is 8.15. The van der Waals surface area contributed by atoms with E-state index >= 15 is 0 Å². The summed E-state index contributed by atoms with van der Waals surface area (Å²) in [6, 6.07) is 4.24. The molecule has 114 valence electrons. The quantitative estimate of drug-likeness (QED) is 0.799. The van der Waals surface area contributed by atoms with E-state index in [1.807, 2.05) is 12.1 Å². The van der Waals surface area contributed by atoms with Gasteiger partial charge in [-0.2, -0.15) is 4.98 Å². The van der Waals surface area contributed by atoms with Crippen LogP contribution in [0.5, 0.6) is 5.88 Å². The molecule has 0 aliphatic heterocycles. The summed E-state index contributed by atoms with van der Waals surface area (Å²) in [5.74, 6) is 3.37. The minimum atomic E-state index is 0.414. The van der Waals surface area contributed by atoms with Gasteiger partial charge >= 0.3 is 0 Å². The number of hydrogen-bond donors (Lipinski definition) is 0. The molecule has 0 saturated heterocycles. The summed E-state index contributed by atoms with van der Waals surface area (Å²) in [4.78, 5) is 9.26. The molecule has 2 heterocycles. The van der Waals surface area contributed by atoms with Crippen LogP contribution in [0, 0.1) is 11.8 Å². The minimum absolute atomic E-state index is 0.414. The van der Waals surface area contributed by atoms with Crippen molar-refractivity contribution in [2.24, 2.45) is 11.8 Å². The second-order valence-electron chi connectivity index (χ2n) is 6.19. The number of pyridine rings is 1. The van der Waals surface area contributed by atoms with Crippen molar-refractivity contribution in [3.05, 3.63) is 18.0 Å². The van der Waals surface area contributed by atoms with E-state index in [1.54, 1.807) is 7.11 Å². The predicted molar refractivity (Wildman–Crippen MR) is 84.9 cm³/mol. The van der Waals surface area contributed by atoms with Crippen molar-refractivity contribution in [1.29, 1.82) is 0 Å². The number of halogens is 1. The van der Waals surface area contributed by atoms with Gasteiger partial charge in [-0.1, -0.05) is 13.8 Å². The summed E-state index contributed by atoms with van der Waals surface area (Å²) in [5.41, 5.74) is 1.80. The number of aromatic nitrogens is 3. The topological polar surface area (TPSA) is 39.9 Å². The number of fused-ring (bicyclic) bond motifs is 1. The van der Waals surface area contributed by atoms with Gasteiger partial charge in [-0.25, -0.2) is 4.98 Å². The molecule has 2 aromatic heterocycles. The minimum Gasteiger partial charge on any atom is -0.481 e. The normalized spacial score (nSPS) is 26.2. The Hall–Kier alpha value is -1.29. The maximum absolute atomic E-state index is 6.13. The molecule has 1 aliphatic rings. The highest BCUT2D eigenvalue weighted by molar-refractivity contribution is 6.16. The molecule has 4 nitrogen and oxygen atoms in total. The van der Waals surface area contributed by atoms with Gasteiger partial charge in [0.1, 0.15) is 11.3 Å². The number of hydrogen-bond acceptors (Lipinski definition) is 3. The van der Waals surface area contributed by atoms with E-state index in [2.05, 4.69) is 28.4 Å². The molecule has 5 heteroatoms. The largest absolute Gasteiger partial charge is 0.481 e. The summed E-state index contributed by atoms with van der Waals surface area (Å²) in [7, 11) is 1.64. The molecule has 1 aliphatic carbocycles. The number of rotatable bonds is 3. The Morgan fingerprint density at radius 1 is 1.29 bits per heavy atom. The smallest absolute Gasteiger partial charge is 0.215 e. The van der Waals surface area contributed by atoms with E-state index in [0.717, 1.165) is 29.3 Å². The molecule has 3 rings (SSSR count). The molecule has 1 saturated carbocycles. The molecule has 0 spiro atoms. The highest BCUT2D eigenvalue weighted by Gasteiger charge is 2.30. The van der Waals surface area contributed by atoms with Gasteiger partial charge in [-0.3, -0.25) is 0 Å². The molecule has 21 heavy (non-hydrogen) atoms. The number of imidazole rings is 1. The fourth-order valence-corrected chi connectivity index (χ4v) is 3.78. The zero-order chi connectivity index (χ0) is 15.0. The third-order valence-electron chi connectivity index (χ3n) is 4.63. The molecule has 0 aromatic carbocycles. The van der Waals surface area contributed by atoms with E-state index in [0.29, 0.717) is 23.7 Å². The van der Waals surface area contributed by atoms with Crippen molar-refractivity contribution in [2.75, 3.05) is 7.11 Å². The zero-order valence-corrected chi connectivity index (χ0v) is 13.6. The second-order valence-corrected chi connectivity index (χ2v) is 6.46. The highest BCUT2D eigenvalue weighted by atomic mass is 35.5. The third kappa shape index (κ3) is 2.61. The van der Waals surface area contributed by atoms with Crippen LogP contribution in [0.2, 0.25) is 0 Å². The van der Waals surface area contributed by atoms with Crippen LogP contribution < -0.4 is 4.74 Å². The molecular weight excluding hydrogens is 286 g/mol. The van der Waals surface area contributed by atoms with Gasteiger partial charge in [-0.05, 0) is 37.2 Å². The van der Waals surface area contributed by atoms with E-state index in [1.165, 1.54) is 12.8 Å². The van der Waals surface area contributed by atoms with E-state index < -0.39 is 0 Å². The summed E-state index contributed by atoms with van der Waals surface area (Å²) in [6.45, 7) is 4.66. The van der Waals surface area contributed by atoms with Gasteiger partial charge in [0, 0.05) is 12.1 Å². The first-order valence-electron chi connectivity index (χ1n) is 7.61. The van der Waals surface area contributed by atoms with Crippen molar-refractivity contribution in [3.63, 3.8) is 0 Å². The lowest BCUT2D eigenvalue weighted by molar-refractivity contribution is 0.208. The second kappa shape index (κ2) is 5.84. The van der Waals surface area contributed by atoms with Crippen LogP contribution in [0.1, 0.15) is 45.0 Å². The van der Waals surface area contributed by atoms with Gasteiger partial charge in [0.2, 0.25) is 5.88 Å². The molecule has 2 aromatic rings. The molecule has 0 amide bonds. The summed E-state index contributed by atoms with van der Waals surface area (Å²) in [5, 5.41) is 0. The Labute approximate surface area is 130 Å². The van der Waals surface area contributed by atoms with Gasteiger partial charge in [0.15, 0.2) is 5.65 Å². The highest BCUT2D eigenvalue weighted by Crippen LogP contribution is 2.39. The average molecular weight is 308 g/mol. The Bertz CT molecular complexity index is 640. The standard InChI is InChI=1S/C16H22ClN3O/c1-10-4-6-13(11(2)8-10)20-14(9-17)18-12-5-7-15(21-3)19-16(12)20/h5,7,10-11,13H,4,6,8-9H2,1-3H3. The lowest BCUT2D eigenvalue weighted by Crippen LogP contribution is -2.26. The van der Waals surface area contributed by atoms with Crippen molar-refractivity contribution in [2.45, 2.75) is 45.0 Å². The van der Waals surface area contributed by atoms with E-state index in [4.69, 9.17) is 16.3 Å². The van der Waals surface area contributed by atoms with E-state index in [-0.39, 0.29) is 0 Å². The van der Waals surface area contributed by atoms with Crippen LogP contribution in [0.15, 0.2) is 12.1 Å². The summed E-state index contributed by atoms with van der Waals surface area (Å²) < 4.78 is 7.52. The number of ether oxygens (including phenoxy) is 1. The average Bonchev–Trinajstić information content (AvgIpc) is 2.84. The Morgan fingerprint density at radius 3 is 2.76 bits per heavy atom. The van der Waals surface area contributed by atoms with Gasteiger partial charge in [0.05, 0.1) is 13.0 Å². The van der Waals surface area contributed by atoms with E-state index in [9.17, 15) is 0 Å². The van der Waals surface area contributed by atoms with Crippen LogP contribution in [-0.4, -0.2) is 21.6 Å². The summed E-state index contributed by atoms with van der Waals surface area (Å²) in [6.07, 6.45) is 3.66. The maximum Gasteiger partial charge on any atom is 0.215 e. The monoisotopic (exact) mass is 307 g/mol. The predicted octanol–water partition coefficient (Wildman–Crippen LogP) is 4.18.